The first-order valence-electron chi connectivity index (χ1n) is 4.28. The monoisotopic (exact) mass is 199 g/mol. The van der Waals surface area contributed by atoms with Gasteiger partial charge in [-0.2, -0.15) is 0 Å². The van der Waals surface area contributed by atoms with Gasteiger partial charge in [0.05, 0.1) is 5.02 Å². The molecular formula is C10H14ClNO. The van der Waals surface area contributed by atoms with Gasteiger partial charge < -0.3 is 10.4 Å². The molecule has 2 nitrogen and oxygen atoms in total. The number of nitrogens with one attached hydrogen (secondary N) is 1. The highest BCUT2D eigenvalue weighted by Gasteiger charge is 2.07. The van der Waals surface area contributed by atoms with Gasteiger partial charge in [-0.05, 0) is 38.6 Å². The Morgan fingerprint density at radius 1 is 1.46 bits per heavy atom. The lowest BCUT2D eigenvalue weighted by Crippen LogP contribution is -2.10. The fourth-order valence-corrected chi connectivity index (χ4v) is 1.47. The minimum Gasteiger partial charge on any atom is -0.508 e. The first kappa shape index (κ1) is 10.4. The number of hydrogen-bond acceptors (Lipinski definition) is 2. The summed E-state index contributed by atoms with van der Waals surface area (Å²) in [7, 11) is 1.88. The molecule has 0 saturated carbocycles. The Morgan fingerprint density at radius 2 is 2.15 bits per heavy atom. The third kappa shape index (κ3) is 2.36. The van der Waals surface area contributed by atoms with E-state index in [0.29, 0.717) is 5.02 Å². The molecule has 0 aromatic heterocycles. The summed E-state index contributed by atoms with van der Waals surface area (Å²) < 4.78 is 0. The molecular weight excluding hydrogens is 186 g/mol. The first-order valence-corrected chi connectivity index (χ1v) is 4.66. The Morgan fingerprint density at radius 3 is 2.77 bits per heavy atom. The van der Waals surface area contributed by atoms with Crippen molar-refractivity contribution in [1.82, 2.24) is 5.32 Å². The van der Waals surface area contributed by atoms with Gasteiger partial charge in [0, 0.05) is 5.56 Å². The van der Waals surface area contributed by atoms with Crippen LogP contribution in [-0.4, -0.2) is 18.7 Å². The van der Waals surface area contributed by atoms with Gasteiger partial charge in [0.15, 0.2) is 0 Å². The van der Waals surface area contributed by atoms with E-state index in [-0.39, 0.29) is 5.75 Å². The fraction of sp³-hybridized carbons (Fsp3) is 0.400. The van der Waals surface area contributed by atoms with Gasteiger partial charge in [-0.25, -0.2) is 0 Å². The molecule has 0 bridgehead atoms. The average molecular weight is 200 g/mol. The summed E-state index contributed by atoms with van der Waals surface area (Å²) in [5.74, 6) is 0.283. The highest BCUT2D eigenvalue weighted by atomic mass is 35.5. The van der Waals surface area contributed by atoms with Crippen LogP contribution in [0, 0.1) is 6.92 Å². The number of aromatic hydroxyl groups is 1. The number of aryl methyl sites for hydroxylation is 1. The molecule has 1 aromatic carbocycles. The van der Waals surface area contributed by atoms with Crippen molar-refractivity contribution in [3.8, 4) is 5.75 Å². The van der Waals surface area contributed by atoms with E-state index in [1.54, 1.807) is 6.07 Å². The molecule has 0 saturated heterocycles. The maximum atomic E-state index is 9.53. The number of rotatable bonds is 3. The molecule has 0 aliphatic rings. The van der Waals surface area contributed by atoms with Crippen LogP contribution >= 0.6 is 11.6 Å². The van der Waals surface area contributed by atoms with E-state index in [2.05, 4.69) is 5.32 Å². The number of benzene rings is 1. The number of phenolic OH excluding ortho intramolecular Hbond substituents is 1. The SMILES string of the molecule is CNCCc1c(O)ccc(C)c1Cl. The van der Waals surface area contributed by atoms with Crippen LogP contribution in [-0.2, 0) is 6.42 Å². The Hall–Kier alpha value is -0.730. The minimum absolute atomic E-state index is 0.283. The Kier molecular flexibility index (Phi) is 3.58. The van der Waals surface area contributed by atoms with Crippen molar-refractivity contribution in [1.29, 1.82) is 0 Å². The maximum absolute atomic E-state index is 9.53. The highest BCUT2D eigenvalue weighted by Crippen LogP contribution is 2.28. The zero-order valence-corrected chi connectivity index (χ0v) is 8.65. The normalized spacial score (nSPS) is 10.4. The second-order valence-corrected chi connectivity index (χ2v) is 3.43. The van der Waals surface area contributed by atoms with Crippen LogP contribution < -0.4 is 5.32 Å². The van der Waals surface area contributed by atoms with Crippen molar-refractivity contribution in [2.45, 2.75) is 13.3 Å². The fourth-order valence-electron chi connectivity index (χ4n) is 1.22. The molecule has 0 spiro atoms. The third-order valence-corrected chi connectivity index (χ3v) is 2.56. The van der Waals surface area contributed by atoms with E-state index in [1.165, 1.54) is 0 Å². The molecule has 0 amide bonds. The molecule has 1 aromatic rings. The lowest BCUT2D eigenvalue weighted by atomic mass is 10.1. The summed E-state index contributed by atoms with van der Waals surface area (Å²) in [5, 5.41) is 13.2. The largest absolute Gasteiger partial charge is 0.508 e. The van der Waals surface area contributed by atoms with E-state index in [0.717, 1.165) is 24.1 Å². The number of likely N-dealkylation sites (N-methyl/N-ethyl adjacent to an activating group) is 1. The van der Waals surface area contributed by atoms with E-state index < -0.39 is 0 Å². The molecule has 13 heavy (non-hydrogen) atoms. The molecule has 72 valence electrons. The van der Waals surface area contributed by atoms with Crippen LogP contribution in [0.25, 0.3) is 0 Å². The molecule has 0 unspecified atom stereocenters. The third-order valence-electron chi connectivity index (χ3n) is 2.04. The summed E-state index contributed by atoms with van der Waals surface area (Å²) in [6, 6.07) is 3.51. The van der Waals surface area contributed by atoms with Gasteiger partial charge in [-0.3, -0.25) is 0 Å². The van der Waals surface area contributed by atoms with Crippen molar-refractivity contribution in [2.24, 2.45) is 0 Å². The smallest absolute Gasteiger partial charge is 0.120 e. The molecule has 0 fully saturated rings. The van der Waals surface area contributed by atoms with E-state index >= 15 is 0 Å². The average Bonchev–Trinajstić information content (AvgIpc) is 2.12. The van der Waals surface area contributed by atoms with Gasteiger partial charge in [0.1, 0.15) is 5.75 Å². The number of halogens is 1. The van der Waals surface area contributed by atoms with Gasteiger partial charge in [-0.1, -0.05) is 17.7 Å². The summed E-state index contributed by atoms with van der Waals surface area (Å²) in [4.78, 5) is 0. The standard InChI is InChI=1S/C10H14ClNO/c1-7-3-4-9(13)8(10(7)11)5-6-12-2/h3-4,12-13H,5-6H2,1-2H3. The van der Waals surface area contributed by atoms with Crippen molar-refractivity contribution in [3.05, 3.63) is 28.3 Å². The quantitative estimate of drug-likeness (QED) is 0.782. The predicted molar refractivity (Wildman–Crippen MR) is 55.5 cm³/mol. The lowest BCUT2D eigenvalue weighted by Gasteiger charge is -2.08. The van der Waals surface area contributed by atoms with Crippen LogP contribution in [0.3, 0.4) is 0 Å². The molecule has 0 aliphatic heterocycles. The molecule has 0 atom stereocenters. The number of phenols is 1. The van der Waals surface area contributed by atoms with Crippen LogP contribution in [0.15, 0.2) is 12.1 Å². The topological polar surface area (TPSA) is 32.3 Å². The molecule has 2 N–H and O–H groups in total. The lowest BCUT2D eigenvalue weighted by molar-refractivity contribution is 0.467. The van der Waals surface area contributed by atoms with E-state index in [9.17, 15) is 5.11 Å². The van der Waals surface area contributed by atoms with Gasteiger partial charge in [0.25, 0.3) is 0 Å². The molecule has 0 aliphatic carbocycles. The minimum atomic E-state index is 0.283. The summed E-state index contributed by atoms with van der Waals surface area (Å²) in [6.45, 7) is 2.75. The van der Waals surface area contributed by atoms with Gasteiger partial charge in [0.2, 0.25) is 0 Å². The van der Waals surface area contributed by atoms with Crippen LogP contribution in [0.4, 0.5) is 0 Å². The van der Waals surface area contributed by atoms with Crippen LogP contribution in [0.5, 0.6) is 5.75 Å². The molecule has 1 rings (SSSR count). The predicted octanol–water partition coefficient (Wildman–Crippen LogP) is 2.12. The summed E-state index contributed by atoms with van der Waals surface area (Å²) in [5.41, 5.74) is 1.83. The zero-order chi connectivity index (χ0) is 9.84. The van der Waals surface area contributed by atoms with Gasteiger partial charge >= 0.3 is 0 Å². The zero-order valence-electron chi connectivity index (χ0n) is 7.89. The van der Waals surface area contributed by atoms with E-state index in [1.807, 2.05) is 20.0 Å². The highest BCUT2D eigenvalue weighted by molar-refractivity contribution is 6.32. The Balaban J connectivity index is 2.96. The summed E-state index contributed by atoms with van der Waals surface area (Å²) >= 11 is 6.05. The molecule has 0 radical (unpaired) electrons. The van der Waals surface area contributed by atoms with Crippen molar-refractivity contribution in [2.75, 3.05) is 13.6 Å². The first-order chi connectivity index (χ1) is 6.16. The van der Waals surface area contributed by atoms with Crippen molar-refractivity contribution in [3.63, 3.8) is 0 Å². The van der Waals surface area contributed by atoms with Crippen LogP contribution in [0.2, 0.25) is 5.02 Å². The molecule has 3 heteroatoms. The Bertz CT molecular complexity index is 299. The van der Waals surface area contributed by atoms with Gasteiger partial charge in [-0.15, -0.1) is 0 Å². The molecule has 0 heterocycles. The Labute approximate surface area is 83.5 Å². The van der Waals surface area contributed by atoms with Crippen molar-refractivity contribution < 1.29 is 5.11 Å². The van der Waals surface area contributed by atoms with Crippen LogP contribution in [0.1, 0.15) is 11.1 Å². The number of hydrogen-bond donors (Lipinski definition) is 2. The second-order valence-electron chi connectivity index (χ2n) is 3.05. The maximum Gasteiger partial charge on any atom is 0.120 e. The van der Waals surface area contributed by atoms with E-state index in [4.69, 9.17) is 11.6 Å². The second kappa shape index (κ2) is 4.49. The van der Waals surface area contributed by atoms with Crippen molar-refractivity contribution >= 4 is 11.6 Å². The summed E-state index contributed by atoms with van der Waals surface area (Å²) in [6.07, 6.45) is 0.753.